The Balaban J connectivity index is 2.52. The van der Waals surface area contributed by atoms with Crippen LogP contribution < -0.4 is 5.73 Å². The van der Waals surface area contributed by atoms with Crippen molar-refractivity contribution in [1.82, 2.24) is 0 Å². The fraction of sp³-hybridized carbons (Fsp3) is 0.929. The second-order valence-corrected chi connectivity index (χ2v) is 5.48. The van der Waals surface area contributed by atoms with Crippen LogP contribution in [-0.4, -0.2) is 18.6 Å². The van der Waals surface area contributed by atoms with Gasteiger partial charge in [0.05, 0.1) is 5.41 Å². The second kappa shape index (κ2) is 6.39. The molecule has 0 heterocycles. The molecule has 17 heavy (non-hydrogen) atoms. The van der Waals surface area contributed by atoms with Crippen LogP contribution >= 0.6 is 0 Å². The molecular formula is C14H27NO2. The lowest BCUT2D eigenvalue weighted by atomic mass is 9.82. The van der Waals surface area contributed by atoms with Crippen LogP contribution in [0.5, 0.6) is 0 Å². The summed E-state index contributed by atoms with van der Waals surface area (Å²) in [5.41, 5.74) is 5.30. The Hall–Kier alpha value is -0.570. The number of rotatable bonds is 5. The number of carbonyl (C=O) groups excluding carboxylic acids is 1. The van der Waals surface area contributed by atoms with Crippen LogP contribution in [0.2, 0.25) is 0 Å². The minimum Gasteiger partial charge on any atom is -0.462 e. The van der Waals surface area contributed by atoms with Gasteiger partial charge in [-0.2, -0.15) is 0 Å². The fourth-order valence-electron chi connectivity index (χ4n) is 2.53. The van der Waals surface area contributed by atoms with Crippen molar-refractivity contribution in [2.24, 2.45) is 17.1 Å². The molecule has 1 rings (SSSR count). The summed E-state index contributed by atoms with van der Waals surface area (Å²) in [7, 11) is 0. The van der Waals surface area contributed by atoms with Crippen LogP contribution in [0, 0.1) is 11.3 Å². The third kappa shape index (κ3) is 3.44. The van der Waals surface area contributed by atoms with E-state index in [1.165, 1.54) is 12.8 Å². The molecule has 0 aromatic carbocycles. The van der Waals surface area contributed by atoms with Crippen molar-refractivity contribution < 1.29 is 9.53 Å². The average molecular weight is 241 g/mol. The van der Waals surface area contributed by atoms with Crippen molar-refractivity contribution in [2.45, 2.75) is 65.4 Å². The molecule has 100 valence electrons. The minimum atomic E-state index is -0.455. The van der Waals surface area contributed by atoms with Crippen LogP contribution in [0.25, 0.3) is 0 Å². The number of hydrogen-bond acceptors (Lipinski definition) is 3. The highest BCUT2D eigenvalue weighted by Gasteiger charge is 2.36. The van der Waals surface area contributed by atoms with Gasteiger partial charge in [0, 0.05) is 6.54 Å². The Labute approximate surface area is 105 Å². The van der Waals surface area contributed by atoms with Gasteiger partial charge >= 0.3 is 5.97 Å². The number of ether oxygens (including phenoxy) is 1. The largest absolute Gasteiger partial charge is 0.462 e. The van der Waals surface area contributed by atoms with Crippen LogP contribution in [0.1, 0.15) is 59.3 Å². The second-order valence-electron chi connectivity index (χ2n) is 5.48. The highest BCUT2D eigenvalue weighted by molar-refractivity contribution is 5.77. The zero-order valence-electron chi connectivity index (χ0n) is 11.5. The normalized spacial score (nSPS) is 25.6. The number of carbonyl (C=O) groups is 1. The lowest BCUT2D eigenvalue weighted by Crippen LogP contribution is -2.41. The molecule has 1 fully saturated rings. The van der Waals surface area contributed by atoms with Gasteiger partial charge in [-0.3, -0.25) is 4.79 Å². The number of hydrogen-bond donors (Lipinski definition) is 1. The molecule has 3 heteroatoms. The first-order valence-corrected chi connectivity index (χ1v) is 6.99. The van der Waals surface area contributed by atoms with Crippen LogP contribution in [-0.2, 0) is 9.53 Å². The summed E-state index contributed by atoms with van der Waals surface area (Å²) >= 11 is 0. The number of nitrogens with two attached hydrogens (primary N) is 1. The average Bonchev–Trinajstić information content (AvgIpc) is 2.35. The molecule has 0 saturated heterocycles. The summed E-state index contributed by atoms with van der Waals surface area (Å²) < 4.78 is 5.66. The SMILES string of the molecule is CCC(CC)(CN)C(=O)OC1CCC(C)CC1. The van der Waals surface area contributed by atoms with Crippen molar-refractivity contribution in [1.29, 1.82) is 0 Å². The van der Waals surface area contributed by atoms with Crippen LogP contribution in [0.3, 0.4) is 0 Å². The molecular weight excluding hydrogens is 214 g/mol. The van der Waals surface area contributed by atoms with E-state index in [0.717, 1.165) is 31.6 Å². The Morgan fingerprint density at radius 1 is 1.24 bits per heavy atom. The quantitative estimate of drug-likeness (QED) is 0.753. The predicted molar refractivity (Wildman–Crippen MR) is 69.6 cm³/mol. The van der Waals surface area contributed by atoms with Gasteiger partial charge in [-0.05, 0) is 44.4 Å². The van der Waals surface area contributed by atoms with Gasteiger partial charge in [0.15, 0.2) is 0 Å². The molecule has 3 nitrogen and oxygen atoms in total. The summed E-state index contributed by atoms with van der Waals surface area (Å²) in [5, 5.41) is 0. The summed E-state index contributed by atoms with van der Waals surface area (Å²) in [6, 6.07) is 0. The topological polar surface area (TPSA) is 52.3 Å². The van der Waals surface area contributed by atoms with Gasteiger partial charge in [-0.15, -0.1) is 0 Å². The highest BCUT2D eigenvalue weighted by atomic mass is 16.5. The fourth-order valence-corrected chi connectivity index (χ4v) is 2.53. The van der Waals surface area contributed by atoms with E-state index in [0.29, 0.717) is 6.54 Å². The molecule has 0 atom stereocenters. The smallest absolute Gasteiger partial charge is 0.313 e. The molecule has 0 aromatic heterocycles. The predicted octanol–water partition coefficient (Wildman–Crippen LogP) is 2.87. The maximum absolute atomic E-state index is 12.2. The zero-order chi connectivity index (χ0) is 12.9. The summed E-state index contributed by atoms with van der Waals surface area (Å²) in [6.07, 6.45) is 6.03. The van der Waals surface area contributed by atoms with Crippen LogP contribution in [0.15, 0.2) is 0 Å². The van der Waals surface area contributed by atoms with Crippen molar-refractivity contribution in [3.63, 3.8) is 0 Å². The Morgan fingerprint density at radius 3 is 2.18 bits per heavy atom. The lowest BCUT2D eigenvalue weighted by Gasteiger charge is -2.32. The third-order valence-electron chi connectivity index (χ3n) is 4.41. The molecule has 0 aromatic rings. The maximum Gasteiger partial charge on any atom is 0.313 e. The maximum atomic E-state index is 12.2. The van der Waals surface area contributed by atoms with E-state index in [1.807, 2.05) is 13.8 Å². The van der Waals surface area contributed by atoms with Crippen molar-refractivity contribution >= 4 is 5.97 Å². The monoisotopic (exact) mass is 241 g/mol. The lowest BCUT2D eigenvalue weighted by molar-refractivity contribution is -0.163. The van der Waals surface area contributed by atoms with E-state index < -0.39 is 5.41 Å². The Morgan fingerprint density at radius 2 is 1.76 bits per heavy atom. The third-order valence-corrected chi connectivity index (χ3v) is 4.41. The first-order valence-electron chi connectivity index (χ1n) is 6.99. The van der Waals surface area contributed by atoms with Gasteiger partial charge in [-0.25, -0.2) is 0 Å². The van der Waals surface area contributed by atoms with E-state index in [1.54, 1.807) is 0 Å². The molecule has 1 aliphatic carbocycles. The van der Waals surface area contributed by atoms with E-state index in [-0.39, 0.29) is 12.1 Å². The van der Waals surface area contributed by atoms with E-state index in [4.69, 9.17) is 10.5 Å². The van der Waals surface area contributed by atoms with Gasteiger partial charge < -0.3 is 10.5 Å². The van der Waals surface area contributed by atoms with Crippen molar-refractivity contribution in [3.05, 3.63) is 0 Å². The van der Waals surface area contributed by atoms with Gasteiger partial charge in [-0.1, -0.05) is 20.8 Å². The summed E-state index contributed by atoms with van der Waals surface area (Å²) in [6.45, 7) is 6.68. The first-order chi connectivity index (χ1) is 8.07. The molecule has 0 radical (unpaired) electrons. The molecule has 2 N–H and O–H groups in total. The van der Waals surface area contributed by atoms with Crippen LogP contribution in [0.4, 0.5) is 0 Å². The Kier molecular flexibility index (Phi) is 5.44. The number of esters is 1. The molecule has 0 unspecified atom stereocenters. The van der Waals surface area contributed by atoms with E-state index in [2.05, 4.69) is 6.92 Å². The molecule has 0 amide bonds. The summed E-state index contributed by atoms with van der Waals surface area (Å²) in [5.74, 6) is 0.700. The molecule has 1 saturated carbocycles. The highest BCUT2D eigenvalue weighted by Crippen LogP contribution is 2.31. The minimum absolute atomic E-state index is 0.0791. The van der Waals surface area contributed by atoms with Gasteiger partial charge in [0.2, 0.25) is 0 Å². The van der Waals surface area contributed by atoms with Crippen molar-refractivity contribution in [2.75, 3.05) is 6.54 Å². The first kappa shape index (κ1) is 14.5. The van der Waals surface area contributed by atoms with E-state index in [9.17, 15) is 4.79 Å². The van der Waals surface area contributed by atoms with E-state index >= 15 is 0 Å². The van der Waals surface area contributed by atoms with Gasteiger partial charge in [0.1, 0.15) is 6.10 Å². The Bertz CT molecular complexity index is 232. The molecule has 0 aliphatic heterocycles. The standard InChI is InChI=1S/C14H27NO2/c1-4-14(5-2,10-15)13(16)17-12-8-6-11(3)7-9-12/h11-12H,4-10,15H2,1-3H3. The van der Waals surface area contributed by atoms with Crippen molar-refractivity contribution in [3.8, 4) is 0 Å². The zero-order valence-corrected chi connectivity index (χ0v) is 11.5. The molecule has 1 aliphatic rings. The molecule has 0 spiro atoms. The van der Waals surface area contributed by atoms with Gasteiger partial charge in [0.25, 0.3) is 0 Å². The summed E-state index contributed by atoms with van der Waals surface area (Å²) in [4.78, 5) is 12.2. The molecule has 0 bridgehead atoms.